The number of para-hydroxylation sites is 1. The Morgan fingerprint density at radius 2 is 1.95 bits per heavy atom. The number of ether oxygens (including phenoxy) is 3. The van der Waals surface area contributed by atoms with Crippen molar-refractivity contribution in [2.45, 2.75) is 25.9 Å². The number of amides is 1. The number of benzene rings is 2. The Morgan fingerprint density at radius 1 is 1.19 bits per heavy atom. The van der Waals surface area contributed by atoms with Crippen LogP contribution in [0.15, 0.2) is 67.0 Å². The van der Waals surface area contributed by atoms with E-state index < -0.39 is 12.2 Å². The molecule has 2 N–H and O–H groups in total. The molecular formula is C27H23N5O5. The fourth-order valence-corrected chi connectivity index (χ4v) is 4.02. The minimum atomic E-state index is -0.675. The maximum atomic E-state index is 12.4. The monoisotopic (exact) mass is 497 g/mol. The molecule has 2 aromatic heterocycles. The van der Waals surface area contributed by atoms with Gasteiger partial charge in [0.05, 0.1) is 34.8 Å². The van der Waals surface area contributed by atoms with Crippen molar-refractivity contribution in [1.29, 1.82) is 5.26 Å². The van der Waals surface area contributed by atoms with Gasteiger partial charge in [-0.15, -0.1) is 0 Å². The van der Waals surface area contributed by atoms with Crippen molar-refractivity contribution in [2.24, 2.45) is 0 Å². The zero-order valence-corrected chi connectivity index (χ0v) is 19.9. The second-order valence-electron chi connectivity index (χ2n) is 8.44. The molecule has 1 atom stereocenters. The first-order valence-electron chi connectivity index (χ1n) is 11.6. The van der Waals surface area contributed by atoms with Crippen molar-refractivity contribution < 1.29 is 23.8 Å². The lowest BCUT2D eigenvalue weighted by Gasteiger charge is -2.12. The van der Waals surface area contributed by atoms with Gasteiger partial charge in [0, 0.05) is 17.7 Å². The second-order valence-corrected chi connectivity index (χ2v) is 8.44. The highest BCUT2D eigenvalue weighted by molar-refractivity contribution is 5.92. The summed E-state index contributed by atoms with van der Waals surface area (Å²) < 4.78 is 17.7. The largest absolute Gasteiger partial charge is 0.459 e. The Bertz CT molecular complexity index is 1490. The van der Waals surface area contributed by atoms with Crippen LogP contribution in [0.3, 0.4) is 0 Å². The molecule has 10 nitrogen and oxygen atoms in total. The number of nitrogens with zero attached hydrogens (tertiary/aromatic N) is 3. The van der Waals surface area contributed by atoms with Crippen molar-refractivity contribution in [2.75, 3.05) is 17.2 Å². The topological polar surface area (TPSA) is 127 Å². The lowest BCUT2D eigenvalue weighted by Crippen LogP contribution is -2.21. The van der Waals surface area contributed by atoms with Crippen LogP contribution in [0.4, 0.5) is 21.9 Å². The fourth-order valence-electron chi connectivity index (χ4n) is 4.02. The predicted octanol–water partition coefficient (Wildman–Crippen LogP) is 5.30. The highest BCUT2D eigenvalue weighted by Gasteiger charge is 2.25. The lowest BCUT2D eigenvalue weighted by atomic mass is 10.1. The molecule has 186 valence electrons. The number of rotatable bonds is 7. The fraction of sp³-hybridized carbons (Fsp3) is 0.185. The highest BCUT2D eigenvalue weighted by atomic mass is 16.6. The van der Waals surface area contributed by atoms with Gasteiger partial charge in [-0.2, -0.15) is 10.4 Å². The number of carbonyl (C=O) groups is 2. The zero-order chi connectivity index (χ0) is 25.8. The number of cyclic esters (lactones) is 1. The van der Waals surface area contributed by atoms with E-state index in [1.165, 1.54) is 6.20 Å². The lowest BCUT2D eigenvalue weighted by molar-refractivity contribution is -0.142. The predicted molar refractivity (Wildman–Crippen MR) is 135 cm³/mol. The van der Waals surface area contributed by atoms with Crippen LogP contribution in [0.1, 0.15) is 24.0 Å². The van der Waals surface area contributed by atoms with Gasteiger partial charge in [-0.25, -0.2) is 9.31 Å². The summed E-state index contributed by atoms with van der Waals surface area (Å²) in [5.74, 6) is 1.12. The smallest absolute Gasteiger partial charge is 0.411 e. The van der Waals surface area contributed by atoms with Crippen LogP contribution in [0.5, 0.6) is 11.5 Å². The van der Waals surface area contributed by atoms with Crippen LogP contribution in [-0.4, -0.2) is 34.4 Å². The molecule has 0 radical (unpaired) electrons. The minimum Gasteiger partial charge on any atom is -0.459 e. The van der Waals surface area contributed by atoms with E-state index in [9.17, 15) is 14.9 Å². The summed E-state index contributed by atoms with van der Waals surface area (Å²) >= 11 is 0. The Hall–Kier alpha value is -5.04. The average Bonchev–Trinajstić information content (AvgIpc) is 3.47. The molecule has 1 unspecified atom stereocenters. The van der Waals surface area contributed by atoms with Gasteiger partial charge in [-0.1, -0.05) is 18.2 Å². The van der Waals surface area contributed by atoms with E-state index in [0.717, 1.165) is 11.4 Å². The van der Waals surface area contributed by atoms with E-state index in [0.29, 0.717) is 46.6 Å². The van der Waals surface area contributed by atoms with Crippen molar-refractivity contribution in [3.8, 4) is 17.6 Å². The van der Waals surface area contributed by atoms with Crippen LogP contribution in [0, 0.1) is 18.3 Å². The number of esters is 1. The molecule has 0 saturated carbocycles. The summed E-state index contributed by atoms with van der Waals surface area (Å²) in [5, 5.41) is 20.0. The molecule has 3 heterocycles. The third kappa shape index (κ3) is 5.31. The van der Waals surface area contributed by atoms with Gasteiger partial charge >= 0.3 is 12.1 Å². The number of anilines is 3. The number of carbonyl (C=O) groups excluding carboxylic acids is 2. The Morgan fingerprint density at radius 3 is 2.65 bits per heavy atom. The summed E-state index contributed by atoms with van der Waals surface area (Å²) in [6.07, 6.45) is 2.85. The summed E-state index contributed by atoms with van der Waals surface area (Å²) in [6, 6.07) is 19.0. The molecule has 0 aliphatic carbocycles. The molecule has 1 fully saturated rings. The molecule has 1 saturated heterocycles. The van der Waals surface area contributed by atoms with Crippen molar-refractivity contribution >= 4 is 34.6 Å². The summed E-state index contributed by atoms with van der Waals surface area (Å²) in [4.78, 5) is 23.6. The summed E-state index contributed by atoms with van der Waals surface area (Å²) in [7, 11) is 0. The molecule has 10 heteroatoms. The number of aryl methyl sites for hydroxylation is 1. The van der Waals surface area contributed by atoms with Crippen molar-refractivity contribution in [3.63, 3.8) is 0 Å². The minimum absolute atomic E-state index is 0.0163. The maximum absolute atomic E-state index is 12.4. The molecule has 1 amide bonds. The normalized spacial score (nSPS) is 14.6. The van der Waals surface area contributed by atoms with Gasteiger partial charge in [-0.3, -0.25) is 10.1 Å². The van der Waals surface area contributed by atoms with Gasteiger partial charge in [0.1, 0.15) is 30.3 Å². The van der Waals surface area contributed by atoms with Crippen LogP contribution < -0.4 is 15.4 Å². The third-order valence-corrected chi connectivity index (χ3v) is 5.89. The van der Waals surface area contributed by atoms with Crippen LogP contribution in [0.25, 0.3) is 5.52 Å². The molecular weight excluding hydrogens is 474 g/mol. The van der Waals surface area contributed by atoms with Crippen LogP contribution >= 0.6 is 0 Å². The van der Waals surface area contributed by atoms with Gasteiger partial charge in [0.15, 0.2) is 0 Å². The van der Waals surface area contributed by atoms with Crippen molar-refractivity contribution in [1.82, 2.24) is 9.61 Å². The number of fused-ring (bicyclic) bond motifs is 1. The van der Waals surface area contributed by atoms with E-state index in [-0.39, 0.29) is 12.6 Å². The van der Waals surface area contributed by atoms with Gasteiger partial charge in [-0.05, 0) is 49.7 Å². The van der Waals surface area contributed by atoms with E-state index in [1.807, 2.05) is 61.5 Å². The molecule has 0 bridgehead atoms. The molecule has 1 aliphatic heterocycles. The summed E-state index contributed by atoms with van der Waals surface area (Å²) in [6.45, 7) is 1.80. The number of hydrogen-bond acceptors (Lipinski definition) is 8. The average molecular weight is 498 g/mol. The highest BCUT2D eigenvalue weighted by Crippen LogP contribution is 2.33. The van der Waals surface area contributed by atoms with E-state index in [1.54, 1.807) is 10.7 Å². The second kappa shape index (κ2) is 10.3. The van der Waals surface area contributed by atoms with Crippen molar-refractivity contribution in [3.05, 3.63) is 78.1 Å². The van der Waals surface area contributed by atoms with Crippen LogP contribution in [0.2, 0.25) is 0 Å². The molecule has 0 spiro atoms. The van der Waals surface area contributed by atoms with E-state index >= 15 is 0 Å². The van der Waals surface area contributed by atoms with Gasteiger partial charge < -0.3 is 19.5 Å². The molecule has 37 heavy (non-hydrogen) atoms. The Labute approximate surface area is 212 Å². The number of nitriles is 1. The SMILES string of the molecule is Cc1c(NC(=O)OCC2CCC(=O)O2)cn2ncc(C#N)c(Nc3ccc(Oc4ccccc4)cc3)c12. The molecule has 4 aromatic rings. The standard InChI is InChI=1S/C27H23N5O5/c1-17-23(31-27(34)35-16-22-11-12-24(33)37-22)15-32-26(17)25(18(13-28)14-29-32)30-19-7-9-21(10-8-19)36-20-5-3-2-4-6-20/h2-10,14-15,22,30H,11-12,16H2,1H3,(H,31,34). The molecule has 5 rings (SSSR count). The number of aromatic nitrogens is 2. The van der Waals surface area contributed by atoms with Gasteiger partial charge in [0.25, 0.3) is 0 Å². The first-order valence-corrected chi connectivity index (χ1v) is 11.6. The van der Waals surface area contributed by atoms with Gasteiger partial charge in [0.2, 0.25) is 0 Å². The zero-order valence-electron chi connectivity index (χ0n) is 19.9. The first-order chi connectivity index (χ1) is 18.0. The van der Waals surface area contributed by atoms with Crippen LogP contribution in [-0.2, 0) is 14.3 Å². The molecule has 1 aliphatic rings. The summed E-state index contributed by atoms with van der Waals surface area (Å²) in [5.41, 5.74) is 3.43. The first kappa shape index (κ1) is 23.7. The van der Waals surface area contributed by atoms with E-state index in [4.69, 9.17) is 14.2 Å². The Balaban J connectivity index is 1.34. The number of hydrogen-bond donors (Lipinski definition) is 2. The Kier molecular flexibility index (Phi) is 6.59. The third-order valence-electron chi connectivity index (χ3n) is 5.89. The van der Waals surface area contributed by atoms with E-state index in [2.05, 4.69) is 21.8 Å². The number of nitrogens with one attached hydrogen (secondary N) is 2. The quantitative estimate of drug-likeness (QED) is 0.329. The maximum Gasteiger partial charge on any atom is 0.411 e. The molecule has 2 aromatic carbocycles.